The summed E-state index contributed by atoms with van der Waals surface area (Å²) in [6.45, 7) is 1.96. The molecule has 84 valence electrons. The number of aliphatic carboxylic acids is 1. The van der Waals surface area contributed by atoms with Gasteiger partial charge >= 0.3 is 5.97 Å². The number of aryl methyl sites for hydroxylation is 2. The van der Waals surface area contributed by atoms with Crippen LogP contribution in [0, 0.1) is 6.92 Å². The number of carboxylic acids is 1. The third-order valence-electron chi connectivity index (χ3n) is 2.81. The number of nitrogens with zero attached hydrogens (tertiary/aromatic N) is 1. The summed E-state index contributed by atoms with van der Waals surface area (Å²) in [5.74, 6) is -1.00. The molecule has 3 N–H and O–H groups in total. The molecule has 0 fully saturated rings. The van der Waals surface area contributed by atoms with Crippen LogP contribution in [0.5, 0.6) is 0 Å². The van der Waals surface area contributed by atoms with E-state index >= 15 is 0 Å². The monoisotopic (exact) mass is 218 g/mol. The van der Waals surface area contributed by atoms with Crippen LogP contribution in [0.25, 0.3) is 10.9 Å². The minimum atomic E-state index is -1.00. The van der Waals surface area contributed by atoms with Gasteiger partial charge < -0.3 is 15.4 Å². The van der Waals surface area contributed by atoms with Crippen molar-refractivity contribution < 1.29 is 9.90 Å². The van der Waals surface area contributed by atoms with Crippen molar-refractivity contribution in [3.63, 3.8) is 0 Å². The van der Waals surface area contributed by atoms with Crippen LogP contribution in [0.2, 0.25) is 0 Å². The van der Waals surface area contributed by atoms with Crippen LogP contribution < -0.4 is 5.73 Å². The average molecular weight is 218 g/mol. The first-order chi connectivity index (χ1) is 7.50. The molecule has 0 amide bonds. The van der Waals surface area contributed by atoms with E-state index in [0.29, 0.717) is 5.56 Å². The van der Waals surface area contributed by atoms with E-state index in [1.165, 1.54) is 0 Å². The van der Waals surface area contributed by atoms with E-state index in [0.717, 1.165) is 16.5 Å². The van der Waals surface area contributed by atoms with Gasteiger partial charge in [0.25, 0.3) is 0 Å². The number of fused-ring (bicyclic) bond motifs is 1. The number of hydrogen-bond donors (Lipinski definition) is 2. The Bertz CT molecular complexity index is 557. The molecule has 4 nitrogen and oxygen atoms in total. The van der Waals surface area contributed by atoms with Crippen LogP contribution in [0.3, 0.4) is 0 Å². The van der Waals surface area contributed by atoms with Crippen molar-refractivity contribution in [2.24, 2.45) is 12.8 Å². The number of benzene rings is 1. The van der Waals surface area contributed by atoms with E-state index in [9.17, 15) is 4.79 Å². The van der Waals surface area contributed by atoms with Gasteiger partial charge in [0.15, 0.2) is 0 Å². The first-order valence-corrected chi connectivity index (χ1v) is 5.04. The molecule has 0 saturated carbocycles. The Morgan fingerprint density at radius 1 is 1.50 bits per heavy atom. The Labute approximate surface area is 93.3 Å². The van der Waals surface area contributed by atoms with Crippen LogP contribution in [0.1, 0.15) is 17.2 Å². The summed E-state index contributed by atoms with van der Waals surface area (Å²) in [6.07, 6.45) is 1.95. The molecule has 0 spiro atoms. The maximum atomic E-state index is 10.8. The summed E-state index contributed by atoms with van der Waals surface area (Å²) < 4.78 is 2.01. The summed E-state index contributed by atoms with van der Waals surface area (Å²) in [4.78, 5) is 10.8. The van der Waals surface area contributed by atoms with Crippen LogP contribution in [-0.2, 0) is 11.8 Å². The van der Waals surface area contributed by atoms with Crippen molar-refractivity contribution in [2.45, 2.75) is 13.0 Å². The standard InChI is InChI=1S/C12H14N2O2/c1-7-5-9(10(13)12(15)16)6-8-3-4-14(2)11(7)8/h3-6,10H,13H2,1-2H3,(H,15,16). The molecule has 1 unspecified atom stereocenters. The zero-order chi connectivity index (χ0) is 11.9. The topological polar surface area (TPSA) is 68.2 Å². The fourth-order valence-corrected chi connectivity index (χ4v) is 2.03. The van der Waals surface area contributed by atoms with E-state index in [2.05, 4.69) is 0 Å². The molecule has 2 rings (SSSR count). The van der Waals surface area contributed by atoms with Gasteiger partial charge in [0.05, 0.1) is 5.52 Å². The van der Waals surface area contributed by atoms with Crippen molar-refractivity contribution in [1.29, 1.82) is 0 Å². The Morgan fingerprint density at radius 2 is 2.19 bits per heavy atom. The Hall–Kier alpha value is -1.81. The lowest BCUT2D eigenvalue weighted by Gasteiger charge is -2.09. The highest BCUT2D eigenvalue weighted by molar-refractivity contribution is 5.86. The molecule has 2 aromatic rings. The Kier molecular flexibility index (Phi) is 2.44. The fraction of sp³-hybridized carbons (Fsp3) is 0.250. The summed E-state index contributed by atoms with van der Waals surface area (Å²) in [7, 11) is 1.96. The molecule has 1 heterocycles. The minimum Gasteiger partial charge on any atom is -0.480 e. The molecular formula is C12H14N2O2. The van der Waals surface area contributed by atoms with Gasteiger partial charge in [-0.2, -0.15) is 0 Å². The van der Waals surface area contributed by atoms with Crippen molar-refractivity contribution >= 4 is 16.9 Å². The molecule has 0 aliphatic heterocycles. The molecule has 0 saturated heterocycles. The van der Waals surface area contributed by atoms with Crippen molar-refractivity contribution in [1.82, 2.24) is 4.57 Å². The third kappa shape index (κ3) is 1.57. The van der Waals surface area contributed by atoms with Gasteiger partial charge in [0.2, 0.25) is 0 Å². The van der Waals surface area contributed by atoms with Crippen LogP contribution in [0.15, 0.2) is 24.4 Å². The predicted molar refractivity (Wildman–Crippen MR) is 62.2 cm³/mol. The van der Waals surface area contributed by atoms with E-state index in [-0.39, 0.29) is 0 Å². The minimum absolute atomic E-state index is 0.642. The highest BCUT2D eigenvalue weighted by Gasteiger charge is 2.16. The van der Waals surface area contributed by atoms with E-state index in [1.807, 2.05) is 42.9 Å². The van der Waals surface area contributed by atoms with Crippen LogP contribution in [-0.4, -0.2) is 15.6 Å². The van der Waals surface area contributed by atoms with Gasteiger partial charge in [0.1, 0.15) is 6.04 Å². The number of rotatable bonds is 2. The fourth-order valence-electron chi connectivity index (χ4n) is 2.03. The molecule has 0 bridgehead atoms. The highest BCUT2D eigenvalue weighted by Crippen LogP contribution is 2.24. The quantitative estimate of drug-likeness (QED) is 0.804. The first kappa shape index (κ1) is 10.7. The number of hydrogen-bond acceptors (Lipinski definition) is 2. The largest absolute Gasteiger partial charge is 0.480 e. The molecule has 0 aliphatic carbocycles. The van der Waals surface area contributed by atoms with Crippen LogP contribution in [0.4, 0.5) is 0 Å². The molecule has 0 aliphatic rings. The number of nitrogens with two attached hydrogens (primary N) is 1. The van der Waals surface area contributed by atoms with E-state index < -0.39 is 12.0 Å². The highest BCUT2D eigenvalue weighted by atomic mass is 16.4. The third-order valence-corrected chi connectivity index (χ3v) is 2.81. The van der Waals surface area contributed by atoms with Crippen molar-refractivity contribution in [3.05, 3.63) is 35.5 Å². The second-order valence-corrected chi connectivity index (χ2v) is 4.02. The van der Waals surface area contributed by atoms with Gasteiger partial charge in [0, 0.05) is 18.6 Å². The van der Waals surface area contributed by atoms with Gasteiger partial charge in [-0.05, 0) is 30.2 Å². The van der Waals surface area contributed by atoms with Crippen LogP contribution >= 0.6 is 0 Å². The molecule has 1 aromatic carbocycles. The number of carboxylic acid groups (broad SMARTS) is 1. The maximum Gasteiger partial charge on any atom is 0.325 e. The number of carbonyl (C=O) groups is 1. The lowest BCUT2D eigenvalue weighted by Crippen LogP contribution is -2.20. The molecular weight excluding hydrogens is 204 g/mol. The average Bonchev–Trinajstić information content (AvgIpc) is 2.59. The molecule has 1 atom stereocenters. The molecule has 1 aromatic heterocycles. The molecule has 4 heteroatoms. The summed E-state index contributed by atoms with van der Waals surface area (Å²) in [5, 5.41) is 9.90. The van der Waals surface area contributed by atoms with Crippen molar-refractivity contribution in [3.8, 4) is 0 Å². The molecule has 16 heavy (non-hydrogen) atoms. The zero-order valence-electron chi connectivity index (χ0n) is 9.27. The lowest BCUT2D eigenvalue weighted by molar-refractivity contribution is -0.138. The van der Waals surface area contributed by atoms with Gasteiger partial charge in [-0.15, -0.1) is 0 Å². The lowest BCUT2D eigenvalue weighted by atomic mass is 10.0. The van der Waals surface area contributed by atoms with Gasteiger partial charge in [-0.25, -0.2) is 0 Å². The number of aromatic nitrogens is 1. The van der Waals surface area contributed by atoms with Crippen molar-refractivity contribution in [2.75, 3.05) is 0 Å². The first-order valence-electron chi connectivity index (χ1n) is 5.04. The Morgan fingerprint density at radius 3 is 2.81 bits per heavy atom. The second-order valence-electron chi connectivity index (χ2n) is 4.02. The van der Waals surface area contributed by atoms with Gasteiger partial charge in [-0.3, -0.25) is 4.79 Å². The predicted octanol–water partition coefficient (Wildman–Crippen LogP) is 1.57. The zero-order valence-corrected chi connectivity index (χ0v) is 9.27. The normalized spacial score (nSPS) is 12.9. The van der Waals surface area contributed by atoms with Gasteiger partial charge in [-0.1, -0.05) is 6.07 Å². The second kappa shape index (κ2) is 3.64. The summed E-state index contributed by atoms with van der Waals surface area (Å²) in [5.41, 5.74) is 8.39. The Balaban J connectivity index is 2.63. The molecule has 0 radical (unpaired) electrons. The van der Waals surface area contributed by atoms with E-state index in [1.54, 1.807) is 0 Å². The SMILES string of the molecule is Cc1cc(C(N)C(=O)O)cc2ccn(C)c12. The smallest absolute Gasteiger partial charge is 0.325 e. The van der Waals surface area contributed by atoms with E-state index in [4.69, 9.17) is 10.8 Å². The maximum absolute atomic E-state index is 10.8. The summed E-state index contributed by atoms with van der Waals surface area (Å²) in [6, 6.07) is 4.67. The summed E-state index contributed by atoms with van der Waals surface area (Å²) >= 11 is 0.